The number of nitrogens with zero attached hydrogens (tertiary/aromatic N) is 2. The Bertz CT molecular complexity index is 979. The van der Waals surface area contributed by atoms with E-state index in [4.69, 9.17) is 27.9 Å². The fourth-order valence-corrected chi connectivity index (χ4v) is 3.48. The van der Waals surface area contributed by atoms with Crippen LogP contribution in [0.25, 0.3) is 0 Å². The summed E-state index contributed by atoms with van der Waals surface area (Å²) in [5.74, 6) is -2.03. The number of carbonyl (C=O) groups is 4. The average Bonchev–Trinajstić information content (AvgIpc) is 2.98. The van der Waals surface area contributed by atoms with Crippen LogP contribution in [0.2, 0.25) is 10.0 Å². The summed E-state index contributed by atoms with van der Waals surface area (Å²) >= 11 is 11.9. The monoisotopic (exact) mass is 449 g/mol. The van der Waals surface area contributed by atoms with E-state index in [9.17, 15) is 19.2 Å². The van der Waals surface area contributed by atoms with E-state index in [0.29, 0.717) is 5.75 Å². The predicted molar refractivity (Wildman–Crippen MR) is 110 cm³/mol. The summed E-state index contributed by atoms with van der Waals surface area (Å²) in [7, 11) is 0. The number of halogens is 2. The highest BCUT2D eigenvalue weighted by Crippen LogP contribution is 2.30. The summed E-state index contributed by atoms with van der Waals surface area (Å²) in [6.45, 7) is 0.797. The van der Waals surface area contributed by atoms with Crippen LogP contribution in [0, 0.1) is 0 Å². The lowest BCUT2D eigenvalue weighted by Gasteiger charge is -2.26. The molecule has 0 bridgehead atoms. The maximum absolute atomic E-state index is 12.9. The summed E-state index contributed by atoms with van der Waals surface area (Å²) in [5.41, 5.74) is 2.53. The van der Waals surface area contributed by atoms with Crippen molar-refractivity contribution >= 4 is 52.5 Å². The number of carbonyl (C=O) groups excluding carboxylic acids is 4. The Labute approximate surface area is 182 Å². The van der Waals surface area contributed by atoms with Gasteiger partial charge in [-0.25, -0.2) is 9.91 Å². The molecule has 4 amide bonds. The third-order valence-corrected chi connectivity index (χ3v) is 4.67. The number of nitrogens with one attached hydrogen (secondary N) is 1. The van der Waals surface area contributed by atoms with Crippen molar-refractivity contribution in [3.63, 3.8) is 0 Å². The number of hydrogen-bond acceptors (Lipinski definition) is 5. The molecule has 1 saturated heterocycles. The zero-order chi connectivity index (χ0) is 21.8. The van der Waals surface area contributed by atoms with E-state index in [1.807, 2.05) is 0 Å². The van der Waals surface area contributed by atoms with Crippen molar-refractivity contribution in [3.8, 4) is 5.75 Å². The van der Waals surface area contributed by atoms with Gasteiger partial charge in [0.2, 0.25) is 11.8 Å². The summed E-state index contributed by atoms with van der Waals surface area (Å²) < 4.78 is 5.33. The molecule has 1 atom stereocenters. The molecule has 1 N–H and O–H groups in total. The molecule has 2 aromatic carbocycles. The van der Waals surface area contributed by atoms with Gasteiger partial charge in [0.1, 0.15) is 11.8 Å². The van der Waals surface area contributed by atoms with Crippen LogP contribution in [0.4, 0.5) is 5.69 Å². The Morgan fingerprint density at radius 2 is 1.77 bits per heavy atom. The third-order valence-electron chi connectivity index (χ3n) is 4.24. The average molecular weight is 450 g/mol. The van der Waals surface area contributed by atoms with Gasteiger partial charge in [-0.05, 0) is 30.3 Å². The lowest BCUT2D eigenvalue weighted by molar-refractivity contribution is -0.146. The molecule has 0 saturated carbocycles. The molecule has 0 aromatic heterocycles. The van der Waals surface area contributed by atoms with E-state index >= 15 is 0 Å². The van der Waals surface area contributed by atoms with Gasteiger partial charge in [-0.2, -0.15) is 0 Å². The number of imide groups is 1. The Morgan fingerprint density at radius 3 is 2.37 bits per heavy atom. The van der Waals surface area contributed by atoms with Crippen LogP contribution in [0.3, 0.4) is 0 Å². The second kappa shape index (κ2) is 9.15. The van der Waals surface area contributed by atoms with Crippen molar-refractivity contribution in [1.29, 1.82) is 0 Å². The van der Waals surface area contributed by atoms with Gasteiger partial charge >= 0.3 is 0 Å². The van der Waals surface area contributed by atoms with Gasteiger partial charge in [-0.15, -0.1) is 0 Å². The van der Waals surface area contributed by atoms with Crippen molar-refractivity contribution in [2.75, 3.05) is 11.5 Å². The molecule has 0 spiro atoms. The summed E-state index contributed by atoms with van der Waals surface area (Å²) in [5, 5.41) is 1.33. The van der Waals surface area contributed by atoms with Crippen LogP contribution < -0.4 is 15.1 Å². The van der Waals surface area contributed by atoms with Gasteiger partial charge in [0.25, 0.3) is 11.8 Å². The SMILES string of the molecule is CC(=O)N(NC(=O)COc1ccccc1)C1CC(=O)N(c2cc(Cl)cc(Cl)c2)C1=O. The number of rotatable bonds is 5. The van der Waals surface area contributed by atoms with Gasteiger partial charge in [0.15, 0.2) is 6.61 Å². The third kappa shape index (κ3) is 4.90. The summed E-state index contributed by atoms with van der Waals surface area (Å²) in [6, 6.07) is 11.7. The molecule has 0 radical (unpaired) electrons. The van der Waals surface area contributed by atoms with Gasteiger partial charge in [-0.3, -0.25) is 24.6 Å². The van der Waals surface area contributed by atoms with E-state index in [1.54, 1.807) is 30.3 Å². The molecule has 1 fully saturated rings. The van der Waals surface area contributed by atoms with Crippen molar-refractivity contribution in [1.82, 2.24) is 10.4 Å². The zero-order valence-electron chi connectivity index (χ0n) is 15.8. The van der Waals surface area contributed by atoms with Gasteiger partial charge < -0.3 is 4.74 Å². The highest BCUT2D eigenvalue weighted by molar-refractivity contribution is 6.35. The number of amides is 4. The summed E-state index contributed by atoms with van der Waals surface area (Å²) in [4.78, 5) is 50.6. The van der Waals surface area contributed by atoms with E-state index < -0.39 is 29.7 Å². The first-order valence-corrected chi connectivity index (χ1v) is 9.62. The topological polar surface area (TPSA) is 96.0 Å². The minimum absolute atomic E-state index is 0.187. The van der Waals surface area contributed by atoms with Crippen molar-refractivity contribution in [2.45, 2.75) is 19.4 Å². The molecule has 8 nitrogen and oxygen atoms in total. The molecular weight excluding hydrogens is 433 g/mol. The van der Waals surface area contributed by atoms with Crippen molar-refractivity contribution in [3.05, 3.63) is 58.6 Å². The first-order valence-electron chi connectivity index (χ1n) is 8.86. The van der Waals surface area contributed by atoms with Crippen molar-refractivity contribution in [2.24, 2.45) is 0 Å². The molecule has 1 aliphatic heterocycles. The van der Waals surface area contributed by atoms with E-state index in [2.05, 4.69) is 5.43 Å². The number of benzene rings is 2. The van der Waals surface area contributed by atoms with Crippen LogP contribution in [0.1, 0.15) is 13.3 Å². The number of hydrogen-bond donors (Lipinski definition) is 1. The smallest absolute Gasteiger partial charge is 0.276 e. The number of ether oxygens (including phenoxy) is 1. The fourth-order valence-electron chi connectivity index (χ4n) is 2.97. The quantitative estimate of drug-likeness (QED) is 0.558. The molecular formula is C20H17Cl2N3O5. The van der Waals surface area contributed by atoms with E-state index in [-0.39, 0.29) is 28.8 Å². The molecule has 1 unspecified atom stereocenters. The van der Waals surface area contributed by atoms with Crippen molar-refractivity contribution < 1.29 is 23.9 Å². The van der Waals surface area contributed by atoms with Crippen LogP contribution in [-0.2, 0) is 19.2 Å². The minimum atomic E-state index is -1.20. The Kier molecular flexibility index (Phi) is 6.59. The van der Waals surface area contributed by atoms with E-state index in [1.165, 1.54) is 25.1 Å². The van der Waals surface area contributed by atoms with Gasteiger partial charge in [0, 0.05) is 17.0 Å². The number of hydrazine groups is 1. The van der Waals surface area contributed by atoms with Crippen LogP contribution >= 0.6 is 23.2 Å². The number of para-hydroxylation sites is 1. The first kappa shape index (κ1) is 21.6. The maximum Gasteiger partial charge on any atom is 0.276 e. The zero-order valence-corrected chi connectivity index (χ0v) is 17.3. The Balaban J connectivity index is 1.72. The highest BCUT2D eigenvalue weighted by Gasteiger charge is 2.44. The number of anilines is 1. The Hall–Kier alpha value is -3.10. The molecule has 30 heavy (non-hydrogen) atoms. The lowest BCUT2D eigenvalue weighted by Crippen LogP contribution is -2.54. The molecule has 1 heterocycles. The summed E-state index contributed by atoms with van der Waals surface area (Å²) in [6.07, 6.45) is -0.303. The fraction of sp³-hybridized carbons (Fsp3) is 0.200. The predicted octanol–water partition coefficient (Wildman–Crippen LogP) is 2.58. The maximum atomic E-state index is 12.9. The van der Waals surface area contributed by atoms with Gasteiger partial charge in [0.05, 0.1) is 12.1 Å². The molecule has 3 rings (SSSR count). The van der Waals surface area contributed by atoms with Gasteiger partial charge in [-0.1, -0.05) is 41.4 Å². The standard InChI is InChI=1S/C20H17Cl2N3O5/c1-12(26)25(23-18(27)11-30-16-5-3-2-4-6-16)17-10-19(28)24(20(17)29)15-8-13(21)7-14(22)9-15/h2-9,17H,10-11H2,1H3,(H,23,27). The minimum Gasteiger partial charge on any atom is -0.484 e. The largest absolute Gasteiger partial charge is 0.484 e. The van der Waals surface area contributed by atoms with Crippen LogP contribution in [-0.4, -0.2) is 41.3 Å². The molecule has 10 heteroatoms. The highest BCUT2D eigenvalue weighted by atomic mass is 35.5. The molecule has 1 aliphatic rings. The Morgan fingerprint density at radius 1 is 1.13 bits per heavy atom. The van der Waals surface area contributed by atoms with Crippen LogP contribution in [0.15, 0.2) is 48.5 Å². The first-order chi connectivity index (χ1) is 14.3. The molecule has 2 aromatic rings. The second-order valence-electron chi connectivity index (χ2n) is 6.44. The second-order valence-corrected chi connectivity index (χ2v) is 7.31. The lowest BCUT2D eigenvalue weighted by atomic mass is 10.2. The normalized spacial score (nSPS) is 15.8. The van der Waals surface area contributed by atoms with E-state index in [0.717, 1.165) is 9.91 Å². The van der Waals surface area contributed by atoms with Crippen LogP contribution in [0.5, 0.6) is 5.75 Å². The molecule has 156 valence electrons. The molecule has 0 aliphatic carbocycles.